The van der Waals surface area contributed by atoms with Crippen LogP contribution in [0.5, 0.6) is 0 Å². The van der Waals surface area contributed by atoms with E-state index in [0.29, 0.717) is 49.7 Å². The van der Waals surface area contributed by atoms with E-state index in [1.165, 1.54) is 11.3 Å². The van der Waals surface area contributed by atoms with E-state index in [1.54, 1.807) is 11.0 Å². The van der Waals surface area contributed by atoms with Crippen LogP contribution in [0.25, 0.3) is 0 Å². The number of carbonyl (C=O) groups is 3. The van der Waals surface area contributed by atoms with Gasteiger partial charge >= 0.3 is 0 Å². The first kappa shape index (κ1) is 20.1. The number of fused-ring (bicyclic) bond motifs is 1. The highest BCUT2D eigenvalue weighted by Gasteiger charge is 2.33. The molecule has 29 heavy (non-hydrogen) atoms. The summed E-state index contributed by atoms with van der Waals surface area (Å²) in [6, 6.07) is 0. The molecule has 2 heterocycles. The monoisotopic (exact) mass is 417 g/mol. The number of nitrogens with one attached hydrogen (secondary N) is 1. The summed E-state index contributed by atoms with van der Waals surface area (Å²) in [6.07, 6.45) is 8.12. The summed E-state index contributed by atoms with van der Waals surface area (Å²) in [5, 5.41) is 14.9. The van der Waals surface area contributed by atoms with Crippen molar-refractivity contribution in [1.82, 2.24) is 4.90 Å². The zero-order chi connectivity index (χ0) is 20.4. The number of thiophene rings is 1. The second kappa shape index (κ2) is 8.67. The van der Waals surface area contributed by atoms with Gasteiger partial charge < -0.3 is 24.9 Å². The van der Waals surface area contributed by atoms with Gasteiger partial charge in [0.2, 0.25) is 5.91 Å². The number of hydrogen-bond acceptors (Lipinski definition) is 6. The number of aliphatic carboxylic acids is 1. The molecular formula is C21H25N2O5S-. The average Bonchev–Trinajstić information content (AvgIpc) is 3.11. The first-order valence-corrected chi connectivity index (χ1v) is 11.1. The van der Waals surface area contributed by atoms with E-state index in [4.69, 9.17) is 4.74 Å². The van der Waals surface area contributed by atoms with Crippen molar-refractivity contribution in [2.75, 3.05) is 31.6 Å². The molecule has 0 unspecified atom stereocenters. The number of amides is 2. The van der Waals surface area contributed by atoms with Gasteiger partial charge in [0.25, 0.3) is 5.91 Å². The Hall–Kier alpha value is -2.19. The fourth-order valence-electron chi connectivity index (χ4n) is 4.37. The van der Waals surface area contributed by atoms with Crippen molar-refractivity contribution < 1.29 is 24.2 Å². The van der Waals surface area contributed by atoms with Gasteiger partial charge in [-0.15, -0.1) is 11.3 Å². The number of carboxylic acid groups (broad SMARTS) is 1. The summed E-state index contributed by atoms with van der Waals surface area (Å²) in [5.74, 6) is -3.14. The number of ether oxygens (including phenoxy) is 1. The Labute approximate surface area is 173 Å². The Bertz CT molecular complexity index is 840. The molecule has 0 bridgehead atoms. The molecule has 3 aliphatic rings. The quantitative estimate of drug-likeness (QED) is 0.746. The minimum Gasteiger partial charge on any atom is -0.550 e. The summed E-state index contributed by atoms with van der Waals surface area (Å²) in [7, 11) is 0. The molecule has 2 atom stereocenters. The van der Waals surface area contributed by atoms with Gasteiger partial charge in [0.15, 0.2) is 0 Å². The maximum Gasteiger partial charge on any atom is 0.257 e. The molecule has 1 aromatic heterocycles. The highest BCUT2D eigenvalue weighted by Crippen LogP contribution is 2.39. The topological polar surface area (TPSA) is 98.8 Å². The second-order valence-corrected chi connectivity index (χ2v) is 8.89. The third-order valence-electron chi connectivity index (χ3n) is 5.99. The van der Waals surface area contributed by atoms with Crippen LogP contribution in [0.3, 0.4) is 0 Å². The molecule has 7 nitrogen and oxygen atoms in total. The minimum absolute atomic E-state index is 0.0667. The highest BCUT2D eigenvalue weighted by atomic mass is 32.1. The fraction of sp³-hybridized carbons (Fsp3) is 0.571. The van der Waals surface area contributed by atoms with Crippen LogP contribution in [0.2, 0.25) is 0 Å². The lowest BCUT2D eigenvalue weighted by molar-refractivity contribution is -0.313. The third-order valence-corrected chi connectivity index (χ3v) is 7.20. The lowest BCUT2D eigenvalue weighted by Gasteiger charge is -2.29. The van der Waals surface area contributed by atoms with Crippen LogP contribution in [-0.4, -0.2) is 49.0 Å². The number of carboxylic acids is 1. The van der Waals surface area contributed by atoms with Crippen molar-refractivity contribution in [2.24, 2.45) is 11.8 Å². The van der Waals surface area contributed by atoms with Crippen LogP contribution < -0.4 is 10.4 Å². The van der Waals surface area contributed by atoms with E-state index in [0.717, 1.165) is 36.1 Å². The molecule has 1 saturated heterocycles. The zero-order valence-electron chi connectivity index (χ0n) is 16.3. The molecule has 1 N–H and O–H groups in total. The van der Waals surface area contributed by atoms with Gasteiger partial charge in [0.05, 0.1) is 24.7 Å². The van der Waals surface area contributed by atoms with Crippen molar-refractivity contribution in [1.29, 1.82) is 0 Å². The number of aryl methyl sites for hydroxylation is 1. The van der Waals surface area contributed by atoms with Gasteiger partial charge in [-0.05, 0) is 44.1 Å². The summed E-state index contributed by atoms with van der Waals surface area (Å²) in [5.41, 5.74) is 1.64. The molecule has 1 fully saturated rings. The van der Waals surface area contributed by atoms with E-state index >= 15 is 0 Å². The Balaban J connectivity index is 1.62. The number of nitrogens with zero attached hydrogens (tertiary/aromatic N) is 1. The molecule has 8 heteroatoms. The molecule has 0 saturated carbocycles. The first-order chi connectivity index (χ1) is 14.1. The largest absolute Gasteiger partial charge is 0.550 e. The van der Waals surface area contributed by atoms with Crippen molar-refractivity contribution in [3.63, 3.8) is 0 Å². The standard InChI is InChI=1S/C21H26N2O5S/c24-18(13-5-1-2-6-14(13)21(26)27)22-19-17(15-7-3-4-8-16(15)29-19)20(25)23-9-11-28-12-10-23/h1-2,13-14H,3-12H2,(H,22,24)(H,26,27)/p-1/t13-,14+/m0/s1. The van der Waals surface area contributed by atoms with Gasteiger partial charge in [-0.2, -0.15) is 0 Å². The first-order valence-electron chi connectivity index (χ1n) is 10.2. The van der Waals surface area contributed by atoms with E-state index in [2.05, 4.69) is 5.32 Å². The second-order valence-electron chi connectivity index (χ2n) is 7.78. The number of rotatable bonds is 4. The third kappa shape index (κ3) is 4.09. The molecule has 0 radical (unpaired) electrons. The van der Waals surface area contributed by atoms with Gasteiger partial charge in [0, 0.05) is 29.9 Å². The van der Waals surface area contributed by atoms with Crippen LogP contribution in [0, 0.1) is 11.8 Å². The lowest BCUT2D eigenvalue weighted by atomic mass is 9.82. The van der Waals surface area contributed by atoms with Crippen molar-refractivity contribution in [3.8, 4) is 0 Å². The predicted molar refractivity (Wildman–Crippen MR) is 107 cm³/mol. The molecule has 2 amide bonds. The summed E-state index contributed by atoms with van der Waals surface area (Å²) in [4.78, 5) is 40.7. The number of allylic oxidation sites excluding steroid dienone is 2. The molecule has 1 aromatic rings. The smallest absolute Gasteiger partial charge is 0.257 e. The van der Waals surface area contributed by atoms with Gasteiger partial charge in [0.1, 0.15) is 5.00 Å². The van der Waals surface area contributed by atoms with Crippen LogP contribution in [-0.2, 0) is 27.2 Å². The number of morpholine rings is 1. The molecule has 0 spiro atoms. The molecule has 4 rings (SSSR count). The fourth-order valence-corrected chi connectivity index (χ4v) is 5.66. The Morgan fingerprint density at radius 3 is 2.48 bits per heavy atom. The summed E-state index contributed by atoms with van der Waals surface area (Å²) >= 11 is 1.46. The van der Waals surface area contributed by atoms with Crippen LogP contribution in [0.1, 0.15) is 46.5 Å². The van der Waals surface area contributed by atoms with E-state index in [-0.39, 0.29) is 11.8 Å². The van der Waals surface area contributed by atoms with E-state index in [9.17, 15) is 19.5 Å². The predicted octanol–water partition coefficient (Wildman–Crippen LogP) is 1.37. The van der Waals surface area contributed by atoms with Gasteiger partial charge in [-0.25, -0.2) is 0 Å². The van der Waals surface area contributed by atoms with E-state index < -0.39 is 17.8 Å². The molecule has 1 aliphatic heterocycles. The zero-order valence-corrected chi connectivity index (χ0v) is 17.1. The number of carbonyl (C=O) groups excluding carboxylic acids is 3. The van der Waals surface area contributed by atoms with Crippen molar-refractivity contribution in [2.45, 2.75) is 38.5 Å². The number of anilines is 1. The lowest BCUT2D eigenvalue weighted by Crippen LogP contribution is -2.42. The molecular weight excluding hydrogens is 392 g/mol. The minimum atomic E-state index is -1.20. The van der Waals surface area contributed by atoms with Crippen molar-refractivity contribution in [3.05, 3.63) is 28.2 Å². The van der Waals surface area contributed by atoms with Gasteiger partial charge in [-0.3, -0.25) is 9.59 Å². The van der Waals surface area contributed by atoms with Crippen LogP contribution in [0.15, 0.2) is 12.2 Å². The SMILES string of the molecule is O=C(Nc1sc2c(c1C(=O)N1CCOCC1)CCCC2)[C@H]1CC=CC[C@H]1C(=O)[O-]. The maximum absolute atomic E-state index is 13.3. The summed E-state index contributed by atoms with van der Waals surface area (Å²) < 4.78 is 5.36. The van der Waals surface area contributed by atoms with Gasteiger partial charge in [-0.1, -0.05) is 12.2 Å². The van der Waals surface area contributed by atoms with Crippen LogP contribution in [0.4, 0.5) is 5.00 Å². The van der Waals surface area contributed by atoms with Crippen molar-refractivity contribution >= 4 is 34.1 Å². The summed E-state index contributed by atoms with van der Waals surface area (Å²) in [6.45, 7) is 2.11. The maximum atomic E-state index is 13.3. The normalized spacial score (nSPS) is 24.1. The van der Waals surface area contributed by atoms with E-state index in [1.807, 2.05) is 6.08 Å². The Kier molecular flexibility index (Phi) is 6.01. The van der Waals surface area contributed by atoms with Crippen LogP contribution >= 0.6 is 11.3 Å². The molecule has 156 valence electrons. The number of hydrogen-bond donors (Lipinski definition) is 1. The molecule has 0 aromatic carbocycles. The highest BCUT2D eigenvalue weighted by molar-refractivity contribution is 7.17. The Morgan fingerprint density at radius 2 is 1.76 bits per heavy atom. The molecule has 2 aliphatic carbocycles. The average molecular weight is 418 g/mol. The Morgan fingerprint density at radius 1 is 1.07 bits per heavy atom.